The molecule has 0 bridgehead atoms. The standard InChI is InChI=1S/C17H26IN3/c1-3-9-19-17-14(18)15(12-7-8-12)20-16(21-17)13-6-4-5-11(2)10-13/h11-13H,3-10H2,1-2H3,(H,19,20,21). The second kappa shape index (κ2) is 6.80. The van der Waals surface area contributed by atoms with Gasteiger partial charge in [-0.1, -0.05) is 26.7 Å². The lowest BCUT2D eigenvalue weighted by Crippen LogP contribution is -2.17. The van der Waals surface area contributed by atoms with Gasteiger partial charge >= 0.3 is 0 Å². The lowest BCUT2D eigenvalue weighted by atomic mass is 9.82. The van der Waals surface area contributed by atoms with Gasteiger partial charge in [0.05, 0.1) is 9.26 Å². The van der Waals surface area contributed by atoms with Crippen LogP contribution in [0.5, 0.6) is 0 Å². The summed E-state index contributed by atoms with van der Waals surface area (Å²) in [6, 6.07) is 0. The molecule has 0 amide bonds. The molecular weight excluding hydrogens is 373 g/mol. The smallest absolute Gasteiger partial charge is 0.143 e. The zero-order valence-electron chi connectivity index (χ0n) is 13.2. The maximum absolute atomic E-state index is 5.00. The maximum atomic E-state index is 5.00. The van der Waals surface area contributed by atoms with E-state index in [9.17, 15) is 0 Å². The van der Waals surface area contributed by atoms with Gasteiger partial charge in [0.25, 0.3) is 0 Å². The summed E-state index contributed by atoms with van der Waals surface area (Å²) in [4.78, 5) is 9.91. The Morgan fingerprint density at radius 3 is 2.62 bits per heavy atom. The van der Waals surface area contributed by atoms with E-state index >= 15 is 0 Å². The number of halogens is 1. The van der Waals surface area contributed by atoms with E-state index in [1.54, 1.807) is 0 Å². The molecule has 3 nitrogen and oxygen atoms in total. The van der Waals surface area contributed by atoms with Crippen LogP contribution in [0, 0.1) is 9.49 Å². The second-order valence-corrected chi connectivity index (χ2v) is 7.88. The van der Waals surface area contributed by atoms with Crippen LogP contribution in [0.25, 0.3) is 0 Å². The van der Waals surface area contributed by atoms with E-state index < -0.39 is 0 Å². The van der Waals surface area contributed by atoms with Crippen LogP contribution < -0.4 is 5.32 Å². The van der Waals surface area contributed by atoms with Gasteiger partial charge in [0.1, 0.15) is 11.6 Å². The molecule has 4 heteroatoms. The summed E-state index contributed by atoms with van der Waals surface area (Å²) in [6.45, 7) is 5.57. The molecule has 2 saturated carbocycles. The summed E-state index contributed by atoms with van der Waals surface area (Å²) >= 11 is 2.44. The second-order valence-electron chi connectivity index (χ2n) is 6.80. The van der Waals surface area contributed by atoms with Crippen molar-refractivity contribution < 1.29 is 0 Å². The number of nitrogens with zero attached hydrogens (tertiary/aromatic N) is 2. The van der Waals surface area contributed by atoms with Gasteiger partial charge in [-0.05, 0) is 60.6 Å². The van der Waals surface area contributed by atoms with Gasteiger partial charge in [0.15, 0.2) is 0 Å². The average molecular weight is 399 g/mol. The first-order valence-electron chi connectivity index (χ1n) is 8.50. The van der Waals surface area contributed by atoms with Gasteiger partial charge in [0.2, 0.25) is 0 Å². The molecule has 0 aromatic carbocycles. The Labute approximate surface area is 141 Å². The molecule has 0 spiro atoms. The number of nitrogens with one attached hydrogen (secondary N) is 1. The van der Waals surface area contributed by atoms with Gasteiger partial charge in [-0.15, -0.1) is 0 Å². The van der Waals surface area contributed by atoms with Crippen LogP contribution in [0.2, 0.25) is 0 Å². The van der Waals surface area contributed by atoms with Crippen LogP contribution in [0.3, 0.4) is 0 Å². The largest absolute Gasteiger partial charge is 0.369 e. The van der Waals surface area contributed by atoms with Crippen molar-refractivity contribution in [2.45, 2.75) is 70.6 Å². The van der Waals surface area contributed by atoms with E-state index in [1.807, 2.05) is 0 Å². The van der Waals surface area contributed by atoms with E-state index in [0.29, 0.717) is 11.8 Å². The van der Waals surface area contributed by atoms with Crippen molar-refractivity contribution >= 4 is 28.4 Å². The van der Waals surface area contributed by atoms with Gasteiger partial charge in [0, 0.05) is 18.4 Å². The Kier molecular flexibility index (Phi) is 5.02. The van der Waals surface area contributed by atoms with E-state index in [1.165, 1.54) is 47.8 Å². The Bertz CT molecular complexity index is 499. The van der Waals surface area contributed by atoms with Crippen LogP contribution in [-0.4, -0.2) is 16.5 Å². The fraction of sp³-hybridized carbons (Fsp3) is 0.765. The number of aromatic nitrogens is 2. The van der Waals surface area contributed by atoms with Crippen molar-refractivity contribution in [1.82, 2.24) is 9.97 Å². The van der Waals surface area contributed by atoms with Crippen LogP contribution in [0.1, 0.15) is 82.1 Å². The van der Waals surface area contributed by atoms with E-state index in [-0.39, 0.29) is 0 Å². The molecule has 2 fully saturated rings. The monoisotopic (exact) mass is 399 g/mol. The van der Waals surface area contributed by atoms with Crippen LogP contribution in [-0.2, 0) is 0 Å². The van der Waals surface area contributed by atoms with Crippen LogP contribution >= 0.6 is 22.6 Å². The molecule has 0 radical (unpaired) electrons. The first kappa shape index (κ1) is 15.5. The predicted octanol–water partition coefficient (Wildman–Crippen LogP) is 5.07. The summed E-state index contributed by atoms with van der Waals surface area (Å²) in [5.74, 6) is 4.29. The van der Waals surface area contributed by atoms with Crippen LogP contribution in [0.4, 0.5) is 5.82 Å². The molecule has 2 aliphatic rings. The molecule has 2 aliphatic carbocycles. The molecular formula is C17H26IN3. The summed E-state index contributed by atoms with van der Waals surface area (Å²) < 4.78 is 1.26. The lowest BCUT2D eigenvalue weighted by molar-refractivity contribution is 0.335. The highest BCUT2D eigenvalue weighted by molar-refractivity contribution is 14.1. The molecule has 1 heterocycles. The third-order valence-corrected chi connectivity index (χ3v) is 5.77. The van der Waals surface area contributed by atoms with Gasteiger partial charge in [-0.2, -0.15) is 0 Å². The number of rotatable bonds is 5. The van der Waals surface area contributed by atoms with Gasteiger partial charge in [-0.3, -0.25) is 0 Å². The molecule has 116 valence electrons. The Morgan fingerprint density at radius 1 is 1.14 bits per heavy atom. The number of hydrogen-bond donors (Lipinski definition) is 1. The highest BCUT2D eigenvalue weighted by atomic mass is 127. The molecule has 2 unspecified atom stereocenters. The molecule has 2 atom stereocenters. The quantitative estimate of drug-likeness (QED) is 0.703. The summed E-state index contributed by atoms with van der Waals surface area (Å²) in [7, 11) is 0. The van der Waals surface area contributed by atoms with E-state index in [2.05, 4.69) is 41.8 Å². The zero-order valence-corrected chi connectivity index (χ0v) is 15.3. The van der Waals surface area contributed by atoms with Gasteiger partial charge in [-0.25, -0.2) is 9.97 Å². The van der Waals surface area contributed by atoms with Crippen molar-refractivity contribution in [3.63, 3.8) is 0 Å². The van der Waals surface area contributed by atoms with E-state index in [0.717, 1.165) is 30.5 Å². The van der Waals surface area contributed by atoms with Crippen LogP contribution in [0.15, 0.2) is 0 Å². The van der Waals surface area contributed by atoms with Crippen molar-refractivity contribution in [1.29, 1.82) is 0 Å². The summed E-state index contributed by atoms with van der Waals surface area (Å²) in [5.41, 5.74) is 1.32. The molecule has 1 N–H and O–H groups in total. The number of hydrogen-bond acceptors (Lipinski definition) is 3. The van der Waals surface area contributed by atoms with Crippen molar-refractivity contribution in [3.8, 4) is 0 Å². The molecule has 0 saturated heterocycles. The molecule has 1 aromatic rings. The molecule has 1 aromatic heterocycles. The molecule has 0 aliphatic heterocycles. The molecule has 21 heavy (non-hydrogen) atoms. The fourth-order valence-corrected chi connectivity index (χ4v) is 4.19. The third kappa shape index (κ3) is 3.69. The minimum Gasteiger partial charge on any atom is -0.369 e. The number of anilines is 1. The lowest BCUT2D eigenvalue weighted by Gasteiger charge is -2.26. The van der Waals surface area contributed by atoms with E-state index in [4.69, 9.17) is 9.97 Å². The SMILES string of the molecule is CCCNc1nc(C2CCCC(C)C2)nc(C2CC2)c1I. The predicted molar refractivity (Wildman–Crippen MR) is 95.9 cm³/mol. The zero-order chi connectivity index (χ0) is 14.8. The van der Waals surface area contributed by atoms with Gasteiger partial charge < -0.3 is 5.32 Å². The minimum atomic E-state index is 0.574. The summed E-state index contributed by atoms with van der Waals surface area (Å²) in [5, 5.41) is 3.52. The van der Waals surface area contributed by atoms with Crippen molar-refractivity contribution in [2.24, 2.45) is 5.92 Å². The first-order valence-corrected chi connectivity index (χ1v) is 9.58. The third-order valence-electron chi connectivity index (χ3n) is 4.70. The highest BCUT2D eigenvalue weighted by Crippen LogP contribution is 2.43. The first-order chi connectivity index (χ1) is 10.2. The Morgan fingerprint density at radius 2 is 1.95 bits per heavy atom. The highest BCUT2D eigenvalue weighted by Gasteiger charge is 2.31. The molecule has 3 rings (SSSR count). The Balaban J connectivity index is 1.89. The topological polar surface area (TPSA) is 37.8 Å². The normalized spacial score (nSPS) is 25.9. The Hall–Kier alpha value is -0.390. The van der Waals surface area contributed by atoms with Crippen molar-refractivity contribution in [2.75, 3.05) is 11.9 Å². The average Bonchev–Trinajstić information content (AvgIpc) is 3.31. The minimum absolute atomic E-state index is 0.574. The fourth-order valence-electron chi connectivity index (χ4n) is 3.32. The summed E-state index contributed by atoms with van der Waals surface area (Å²) in [6.07, 6.45) is 8.98. The maximum Gasteiger partial charge on any atom is 0.143 e. The van der Waals surface area contributed by atoms with Crippen molar-refractivity contribution in [3.05, 3.63) is 15.1 Å².